The number of rotatable bonds is 5. The summed E-state index contributed by atoms with van der Waals surface area (Å²) < 4.78 is 1.81. The molecule has 8 heteroatoms. The van der Waals surface area contributed by atoms with E-state index < -0.39 is 0 Å². The van der Waals surface area contributed by atoms with Gasteiger partial charge in [-0.2, -0.15) is 10.2 Å². The third kappa shape index (κ3) is 3.21. The Balaban J connectivity index is 1.73. The number of H-pyrrole nitrogens is 1. The molecule has 0 aliphatic carbocycles. The molecule has 1 atom stereocenters. The van der Waals surface area contributed by atoms with Gasteiger partial charge in [-0.05, 0) is 25.1 Å². The number of nitrogen functional groups attached to an aromatic ring is 1. The van der Waals surface area contributed by atoms with E-state index in [1.165, 1.54) is 0 Å². The predicted molar refractivity (Wildman–Crippen MR) is 105 cm³/mol. The molecule has 138 valence electrons. The van der Waals surface area contributed by atoms with Crippen LogP contribution in [0.4, 0.5) is 5.82 Å². The first-order valence-electron chi connectivity index (χ1n) is 8.90. The molecule has 27 heavy (non-hydrogen) atoms. The number of aromatic amines is 1. The summed E-state index contributed by atoms with van der Waals surface area (Å²) in [5.41, 5.74) is 9.68. The lowest BCUT2D eigenvalue weighted by Gasteiger charge is -2.12. The van der Waals surface area contributed by atoms with Crippen LogP contribution in [-0.4, -0.2) is 36.9 Å². The minimum absolute atomic E-state index is 0.0252. The fourth-order valence-electron chi connectivity index (χ4n) is 3.20. The average molecular weight is 363 g/mol. The van der Waals surface area contributed by atoms with Gasteiger partial charge in [-0.15, -0.1) is 0 Å². The SMILES string of the molecule is CCC(=O)NC(C)Cn1cc2c(N)nc3cc(-c4ccn[nH]4)ccc3c2n1. The van der Waals surface area contributed by atoms with Crippen LogP contribution < -0.4 is 11.1 Å². The van der Waals surface area contributed by atoms with Crippen LogP contribution in [0.15, 0.2) is 36.7 Å². The van der Waals surface area contributed by atoms with E-state index in [2.05, 4.69) is 20.5 Å². The van der Waals surface area contributed by atoms with Crippen LogP contribution in [-0.2, 0) is 11.3 Å². The van der Waals surface area contributed by atoms with Crippen LogP contribution in [0, 0.1) is 0 Å². The van der Waals surface area contributed by atoms with Gasteiger partial charge in [0.05, 0.1) is 23.1 Å². The third-order valence-electron chi connectivity index (χ3n) is 4.53. The summed E-state index contributed by atoms with van der Waals surface area (Å²) in [6.07, 6.45) is 4.06. The lowest BCUT2D eigenvalue weighted by atomic mass is 10.1. The van der Waals surface area contributed by atoms with Crippen LogP contribution >= 0.6 is 0 Å². The molecule has 0 saturated carbocycles. The number of anilines is 1. The Labute approximate surface area is 155 Å². The molecule has 4 rings (SSSR count). The maximum Gasteiger partial charge on any atom is 0.219 e. The number of hydrogen-bond donors (Lipinski definition) is 3. The second kappa shape index (κ2) is 6.71. The van der Waals surface area contributed by atoms with Crippen molar-refractivity contribution in [3.63, 3.8) is 0 Å². The lowest BCUT2D eigenvalue weighted by Crippen LogP contribution is -2.35. The van der Waals surface area contributed by atoms with E-state index >= 15 is 0 Å². The highest BCUT2D eigenvalue weighted by molar-refractivity contribution is 6.08. The highest BCUT2D eigenvalue weighted by Gasteiger charge is 2.14. The van der Waals surface area contributed by atoms with Gasteiger partial charge >= 0.3 is 0 Å². The number of aromatic nitrogens is 5. The van der Waals surface area contributed by atoms with E-state index in [4.69, 9.17) is 10.8 Å². The van der Waals surface area contributed by atoms with E-state index in [9.17, 15) is 4.79 Å². The van der Waals surface area contributed by atoms with Crippen molar-refractivity contribution in [1.29, 1.82) is 0 Å². The van der Waals surface area contributed by atoms with Gasteiger partial charge in [0.2, 0.25) is 5.91 Å². The first-order valence-corrected chi connectivity index (χ1v) is 8.90. The van der Waals surface area contributed by atoms with E-state index in [-0.39, 0.29) is 11.9 Å². The molecule has 0 saturated heterocycles. The van der Waals surface area contributed by atoms with Crippen molar-refractivity contribution in [3.8, 4) is 11.3 Å². The molecular weight excluding hydrogens is 342 g/mol. The molecule has 0 spiro atoms. The first-order chi connectivity index (χ1) is 13.0. The van der Waals surface area contributed by atoms with Crippen molar-refractivity contribution >= 4 is 33.5 Å². The quantitative estimate of drug-likeness (QED) is 0.504. The summed E-state index contributed by atoms with van der Waals surface area (Å²) in [6.45, 7) is 4.35. The molecule has 8 nitrogen and oxygen atoms in total. The number of amides is 1. The minimum Gasteiger partial charge on any atom is -0.383 e. The van der Waals surface area contributed by atoms with Crippen LogP contribution in [0.3, 0.4) is 0 Å². The Bertz CT molecular complexity index is 1110. The molecule has 4 aromatic rings. The van der Waals surface area contributed by atoms with Gasteiger partial charge in [0.1, 0.15) is 11.3 Å². The van der Waals surface area contributed by atoms with Crippen molar-refractivity contribution in [1.82, 2.24) is 30.3 Å². The number of carbonyl (C=O) groups is 1. The zero-order valence-corrected chi connectivity index (χ0v) is 15.2. The summed E-state index contributed by atoms with van der Waals surface area (Å²) in [5, 5.41) is 16.3. The van der Waals surface area contributed by atoms with Gasteiger partial charge in [0.25, 0.3) is 0 Å². The molecule has 1 amide bonds. The Morgan fingerprint density at radius 2 is 2.19 bits per heavy atom. The van der Waals surface area contributed by atoms with Gasteiger partial charge in [0.15, 0.2) is 0 Å². The van der Waals surface area contributed by atoms with Gasteiger partial charge in [-0.3, -0.25) is 14.6 Å². The molecule has 1 unspecified atom stereocenters. The largest absolute Gasteiger partial charge is 0.383 e. The smallest absolute Gasteiger partial charge is 0.219 e. The monoisotopic (exact) mass is 363 g/mol. The Kier molecular flexibility index (Phi) is 4.23. The highest BCUT2D eigenvalue weighted by atomic mass is 16.1. The van der Waals surface area contributed by atoms with Crippen LogP contribution in [0.5, 0.6) is 0 Å². The summed E-state index contributed by atoms with van der Waals surface area (Å²) in [7, 11) is 0. The van der Waals surface area contributed by atoms with E-state index in [1.807, 2.05) is 49.0 Å². The molecule has 0 fully saturated rings. The molecular formula is C19H21N7O. The van der Waals surface area contributed by atoms with Crippen LogP contribution in [0.25, 0.3) is 33.1 Å². The molecule has 0 bridgehead atoms. The summed E-state index contributed by atoms with van der Waals surface area (Å²) in [5.74, 6) is 0.466. The number of benzene rings is 1. The summed E-state index contributed by atoms with van der Waals surface area (Å²) in [6, 6.07) is 7.86. The number of fused-ring (bicyclic) bond motifs is 3. The van der Waals surface area contributed by atoms with Crippen molar-refractivity contribution in [2.24, 2.45) is 0 Å². The molecule has 3 aromatic heterocycles. The highest BCUT2D eigenvalue weighted by Crippen LogP contribution is 2.29. The first kappa shape index (κ1) is 17.0. The molecule has 0 radical (unpaired) electrons. The second-order valence-corrected chi connectivity index (χ2v) is 6.63. The minimum atomic E-state index is -0.0285. The Morgan fingerprint density at radius 3 is 2.93 bits per heavy atom. The fourth-order valence-corrected chi connectivity index (χ4v) is 3.20. The van der Waals surface area contributed by atoms with Crippen LogP contribution in [0.2, 0.25) is 0 Å². The average Bonchev–Trinajstić information content (AvgIpc) is 3.31. The van der Waals surface area contributed by atoms with Gasteiger partial charge < -0.3 is 11.1 Å². The number of carbonyl (C=O) groups excluding carboxylic acids is 1. The Morgan fingerprint density at radius 1 is 1.33 bits per heavy atom. The maximum absolute atomic E-state index is 11.6. The van der Waals surface area contributed by atoms with Crippen molar-refractivity contribution in [2.45, 2.75) is 32.9 Å². The molecule has 0 aliphatic heterocycles. The second-order valence-electron chi connectivity index (χ2n) is 6.63. The molecule has 0 aliphatic rings. The summed E-state index contributed by atoms with van der Waals surface area (Å²) in [4.78, 5) is 16.1. The fraction of sp³-hybridized carbons (Fsp3) is 0.263. The lowest BCUT2D eigenvalue weighted by molar-refractivity contribution is -0.121. The van der Waals surface area contributed by atoms with Gasteiger partial charge in [0, 0.05) is 35.8 Å². The number of nitrogens with one attached hydrogen (secondary N) is 2. The summed E-state index contributed by atoms with van der Waals surface area (Å²) >= 11 is 0. The van der Waals surface area contributed by atoms with Gasteiger partial charge in [-0.1, -0.05) is 13.0 Å². The van der Waals surface area contributed by atoms with E-state index in [1.54, 1.807) is 6.20 Å². The zero-order valence-electron chi connectivity index (χ0n) is 15.2. The molecule has 4 N–H and O–H groups in total. The standard InChI is InChI=1S/C19H21N7O/c1-3-17(27)22-11(2)9-26-10-14-18(25-26)13-5-4-12(15-6-7-21-24-15)8-16(13)23-19(14)20/h4-8,10-11H,3,9H2,1-2H3,(H2,20,23)(H,21,24)(H,22,27). The van der Waals surface area contributed by atoms with Crippen molar-refractivity contribution in [2.75, 3.05) is 5.73 Å². The zero-order chi connectivity index (χ0) is 19.0. The molecule has 1 aromatic carbocycles. The van der Waals surface area contributed by atoms with Crippen LogP contribution in [0.1, 0.15) is 20.3 Å². The predicted octanol–water partition coefficient (Wildman–Crippen LogP) is 2.47. The normalized spacial score (nSPS) is 12.5. The van der Waals surface area contributed by atoms with Gasteiger partial charge in [-0.25, -0.2) is 4.98 Å². The van der Waals surface area contributed by atoms with Crippen molar-refractivity contribution < 1.29 is 4.79 Å². The van der Waals surface area contributed by atoms with Crippen molar-refractivity contribution in [3.05, 3.63) is 36.7 Å². The Hall–Kier alpha value is -3.42. The number of hydrogen-bond acceptors (Lipinski definition) is 5. The molecule has 3 heterocycles. The maximum atomic E-state index is 11.6. The third-order valence-corrected chi connectivity index (χ3v) is 4.53. The van der Waals surface area contributed by atoms with E-state index in [0.717, 1.165) is 33.1 Å². The number of pyridine rings is 1. The number of nitrogens with zero attached hydrogens (tertiary/aromatic N) is 4. The van der Waals surface area contributed by atoms with E-state index in [0.29, 0.717) is 18.8 Å². The topological polar surface area (TPSA) is 115 Å². The number of nitrogens with two attached hydrogens (primary N) is 1.